The molecule has 9 rings (SSSR count). The van der Waals surface area contributed by atoms with E-state index in [0.717, 1.165) is 80.6 Å². The second kappa shape index (κ2) is 9.79. The van der Waals surface area contributed by atoms with Crippen LogP contribution in [0, 0.1) is 11.8 Å². The van der Waals surface area contributed by atoms with E-state index in [1.807, 2.05) is 36.2 Å². The number of aryl methyl sites for hydroxylation is 1. The number of carbonyl (C=O) groups is 1. The Balaban J connectivity index is 1.16. The summed E-state index contributed by atoms with van der Waals surface area (Å²) in [6, 6.07) is 18.8. The molecule has 0 unspecified atom stereocenters. The van der Waals surface area contributed by atoms with Crippen LogP contribution in [0.4, 0.5) is 0 Å². The van der Waals surface area contributed by atoms with Gasteiger partial charge in [-0.25, -0.2) is 4.98 Å². The van der Waals surface area contributed by atoms with Crippen molar-refractivity contribution in [3.8, 4) is 28.4 Å². The summed E-state index contributed by atoms with van der Waals surface area (Å²) in [5.74, 6) is 2.50. The second-order valence-electron chi connectivity index (χ2n) is 13.1. The van der Waals surface area contributed by atoms with E-state index in [0.29, 0.717) is 23.1 Å². The number of benzene rings is 3. The number of methoxy groups -OCH3 is 1. The highest BCUT2D eigenvalue weighted by Crippen LogP contribution is 2.41. The molecule has 9 nitrogen and oxygen atoms in total. The fourth-order valence-electron chi connectivity index (χ4n) is 7.77. The summed E-state index contributed by atoms with van der Waals surface area (Å²) in [6.45, 7) is 1.63. The maximum absolute atomic E-state index is 13.7. The zero-order chi connectivity index (χ0) is 30.6. The van der Waals surface area contributed by atoms with Gasteiger partial charge in [-0.2, -0.15) is 0 Å². The number of hydrogen-bond acceptors (Lipinski definition) is 6. The summed E-state index contributed by atoms with van der Waals surface area (Å²) >= 11 is 1.37. The third-order valence-electron chi connectivity index (χ3n) is 10.4. The fourth-order valence-corrected chi connectivity index (χ4v) is 8.48. The molecule has 0 spiro atoms. The number of aromatic nitrogens is 4. The van der Waals surface area contributed by atoms with E-state index in [2.05, 4.69) is 43.8 Å². The molecule has 1 saturated heterocycles. The average molecular weight is 619 g/mol. The van der Waals surface area contributed by atoms with Crippen molar-refractivity contribution >= 4 is 49.5 Å². The summed E-state index contributed by atoms with van der Waals surface area (Å²) in [7, 11) is 3.67. The number of carbonyl (C=O) groups excluding carboxylic acids is 1. The van der Waals surface area contributed by atoms with Crippen LogP contribution >= 0.6 is 11.5 Å². The van der Waals surface area contributed by atoms with Crippen LogP contribution in [0.15, 0.2) is 59.4 Å². The van der Waals surface area contributed by atoms with Gasteiger partial charge in [0, 0.05) is 48.7 Å². The van der Waals surface area contributed by atoms with Crippen molar-refractivity contribution in [3.05, 3.63) is 70.5 Å². The van der Waals surface area contributed by atoms with Gasteiger partial charge in [0.15, 0.2) is 5.82 Å². The molecule has 2 saturated carbocycles. The number of nitrogens with zero attached hydrogens (tertiary/aromatic N) is 4. The van der Waals surface area contributed by atoms with Crippen molar-refractivity contribution in [3.63, 3.8) is 0 Å². The second-order valence-corrected chi connectivity index (χ2v) is 13.9. The lowest BCUT2D eigenvalue weighted by molar-refractivity contribution is 0.0700. The number of aromatic amines is 1. The Kier molecular flexibility index (Phi) is 5.86. The van der Waals surface area contributed by atoms with Crippen LogP contribution in [0.3, 0.4) is 0 Å². The van der Waals surface area contributed by atoms with Gasteiger partial charge < -0.3 is 24.5 Å². The third-order valence-corrected chi connectivity index (χ3v) is 11.3. The topological polar surface area (TPSA) is 111 Å². The van der Waals surface area contributed by atoms with E-state index < -0.39 is 0 Å². The Morgan fingerprint density at radius 1 is 1.07 bits per heavy atom. The maximum Gasteiger partial charge on any atom is 0.265 e. The number of imidazole rings is 1. The number of rotatable bonds is 6. The van der Waals surface area contributed by atoms with Crippen LogP contribution in [0.2, 0.25) is 0 Å². The van der Waals surface area contributed by atoms with E-state index in [9.17, 15) is 9.59 Å². The molecule has 3 aromatic heterocycles. The number of H-pyrrole nitrogens is 1. The van der Waals surface area contributed by atoms with Crippen molar-refractivity contribution < 1.29 is 9.53 Å². The van der Waals surface area contributed by atoms with Gasteiger partial charge >= 0.3 is 0 Å². The summed E-state index contributed by atoms with van der Waals surface area (Å²) in [5, 5.41) is 1.86. The van der Waals surface area contributed by atoms with Crippen molar-refractivity contribution in [2.24, 2.45) is 24.6 Å². The molecule has 3 aromatic carbocycles. The zero-order valence-corrected chi connectivity index (χ0v) is 26.1. The molecule has 2 bridgehead atoms. The van der Waals surface area contributed by atoms with E-state index in [-0.39, 0.29) is 23.6 Å². The van der Waals surface area contributed by atoms with Gasteiger partial charge in [-0.15, -0.1) is 0 Å². The number of hydrogen-bond donors (Lipinski definition) is 2. The van der Waals surface area contributed by atoms with Crippen LogP contribution in [0.1, 0.15) is 36.0 Å². The summed E-state index contributed by atoms with van der Waals surface area (Å²) in [5.41, 5.74) is 12.8. The molecule has 0 radical (unpaired) electrons. The molecule has 1 aliphatic heterocycles. The molecule has 1 amide bonds. The SMILES string of the molecule is COc1cc(C(=O)N2C[C@H]3CC[C@@H]2[C@@H]3N)cc2nc(-c3cc4ccc(-c5ccc6s[nH]c(=O)c6c5)cc4n3CC3CC3)n(C)c12. The minimum Gasteiger partial charge on any atom is -0.494 e. The first kappa shape index (κ1) is 26.9. The Labute approximate surface area is 263 Å². The smallest absolute Gasteiger partial charge is 0.265 e. The Morgan fingerprint density at radius 2 is 1.89 bits per heavy atom. The fraction of sp³-hybridized carbons (Fsp3) is 0.343. The minimum atomic E-state index is -0.0457. The Bertz CT molecular complexity index is 2240. The molecule has 2 aliphatic carbocycles. The number of nitrogens with one attached hydrogen (secondary N) is 1. The van der Waals surface area contributed by atoms with Crippen LogP contribution in [0.25, 0.3) is 54.7 Å². The predicted octanol–water partition coefficient (Wildman–Crippen LogP) is 5.75. The Morgan fingerprint density at radius 3 is 2.64 bits per heavy atom. The summed E-state index contributed by atoms with van der Waals surface area (Å²) < 4.78 is 14.2. The first-order chi connectivity index (χ1) is 21.9. The number of amides is 1. The Hall–Kier alpha value is -4.41. The lowest BCUT2D eigenvalue weighted by atomic mass is 10.0. The summed E-state index contributed by atoms with van der Waals surface area (Å²) in [4.78, 5) is 33.2. The van der Waals surface area contributed by atoms with Crippen molar-refractivity contribution in [1.29, 1.82) is 0 Å². The number of fused-ring (bicyclic) bond motifs is 5. The molecule has 3 N–H and O–H groups in total. The maximum atomic E-state index is 13.7. The summed E-state index contributed by atoms with van der Waals surface area (Å²) in [6.07, 6.45) is 4.51. The van der Waals surface area contributed by atoms with Crippen molar-refractivity contribution in [2.45, 2.75) is 44.3 Å². The molecule has 10 heteroatoms. The van der Waals surface area contributed by atoms with Crippen molar-refractivity contribution in [1.82, 2.24) is 23.4 Å². The van der Waals surface area contributed by atoms with Gasteiger partial charge in [-0.3, -0.25) is 14.0 Å². The third kappa shape index (κ3) is 4.12. The highest BCUT2D eigenvalue weighted by Gasteiger charge is 2.47. The standard InChI is InChI=1S/C35H34N6O3S/c1-39-32-25(12-23(15-29(32)44-2)35(43)41-17-22-7-9-26(41)31(22)36)37-33(39)28-14-21-6-5-20(13-27(21)40(28)16-18-3-4-18)19-8-10-30-24(11-19)34(42)38-45-30/h5-6,8,10-15,18,22,26,31H,3-4,7,9,16-17,36H2,1-2H3,(H,38,42)/t22-,26-,31-/m1/s1. The van der Waals surface area contributed by atoms with E-state index in [1.165, 1.54) is 24.4 Å². The highest BCUT2D eigenvalue weighted by atomic mass is 32.1. The lowest BCUT2D eigenvalue weighted by Crippen LogP contribution is -2.41. The quantitative estimate of drug-likeness (QED) is 0.247. The van der Waals surface area contributed by atoms with Gasteiger partial charge in [0.1, 0.15) is 11.3 Å². The van der Waals surface area contributed by atoms with Crippen molar-refractivity contribution in [2.75, 3.05) is 13.7 Å². The van der Waals surface area contributed by atoms with Crippen LogP contribution in [0.5, 0.6) is 5.75 Å². The molecule has 45 heavy (non-hydrogen) atoms. The van der Waals surface area contributed by atoms with Crippen LogP contribution in [-0.4, -0.2) is 55.0 Å². The van der Waals surface area contributed by atoms with Gasteiger partial charge in [0.05, 0.1) is 28.4 Å². The normalized spacial score (nSPS) is 21.1. The van der Waals surface area contributed by atoms with Gasteiger partial charge in [0.25, 0.3) is 11.5 Å². The molecule has 3 atom stereocenters. The number of piperidine rings is 1. The average Bonchev–Trinajstić information content (AvgIpc) is 3.26. The number of ether oxygens (including phenoxy) is 1. The lowest BCUT2D eigenvalue weighted by Gasteiger charge is -2.27. The van der Waals surface area contributed by atoms with Gasteiger partial charge in [0.2, 0.25) is 0 Å². The van der Waals surface area contributed by atoms with Crippen LogP contribution in [-0.2, 0) is 13.6 Å². The number of nitrogens with two attached hydrogens (primary N) is 1. The molecular formula is C35H34N6O3S. The van der Waals surface area contributed by atoms with Crippen LogP contribution < -0.4 is 16.0 Å². The first-order valence-electron chi connectivity index (χ1n) is 15.7. The predicted molar refractivity (Wildman–Crippen MR) is 178 cm³/mol. The minimum absolute atomic E-state index is 0.00283. The number of likely N-dealkylation sites (tertiary alicyclic amines) is 1. The zero-order valence-electron chi connectivity index (χ0n) is 25.2. The van der Waals surface area contributed by atoms with E-state index in [1.54, 1.807) is 7.11 Å². The molecule has 3 fully saturated rings. The molecule has 3 aliphatic rings. The van der Waals surface area contributed by atoms with E-state index >= 15 is 0 Å². The monoisotopic (exact) mass is 618 g/mol. The van der Waals surface area contributed by atoms with Gasteiger partial charge in [-0.1, -0.05) is 29.7 Å². The highest BCUT2D eigenvalue weighted by molar-refractivity contribution is 7.13. The largest absolute Gasteiger partial charge is 0.494 e. The molecule has 4 heterocycles. The van der Waals surface area contributed by atoms with Gasteiger partial charge in [-0.05, 0) is 85.0 Å². The first-order valence-corrected chi connectivity index (χ1v) is 16.6. The van der Waals surface area contributed by atoms with E-state index in [4.69, 9.17) is 15.5 Å². The molecule has 228 valence electrons. The molecular weight excluding hydrogens is 584 g/mol. The molecule has 6 aromatic rings.